The van der Waals surface area contributed by atoms with Gasteiger partial charge in [0.15, 0.2) is 6.10 Å². The fourth-order valence-corrected chi connectivity index (χ4v) is 3.79. The van der Waals surface area contributed by atoms with Gasteiger partial charge in [-0.3, -0.25) is 4.79 Å². The van der Waals surface area contributed by atoms with Crippen molar-refractivity contribution < 1.29 is 13.9 Å². The number of piperidine rings is 1. The van der Waals surface area contributed by atoms with Crippen LogP contribution in [-0.2, 0) is 4.79 Å². The average Bonchev–Trinajstić information content (AvgIpc) is 2.74. The average molecular weight is 406 g/mol. The number of hydrogen-bond donors (Lipinski definition) is 1. The number of nitrogens with zero attached hydrogens (tertiary/aromatic N) is 1. The molecule has 0 bridgehead atoms. The summed E-state index contributed by atoms with van der Waals surface area (Å²) in [5.41, 5.74) is 2.79. The minimum atomic E-state index is -0.708. The number of carbonyl (C=O) groups excluding carboxylic acids is 1. The summed E-state index contributed by atoms with van der Waals surface area (Å²) in [4.78, 5) is 26.5. The Bertz CT molecular complexity index is 1100. The number of amides is 1. The van der Waals surface area contributed by atoms with Crippen LogP contribution in [0.1, 0.15) is 31.7 Å². The van der Waals surface area contributed by atoms with E-state index in [4.69, 9.17) is 9.15 Å². The van der Waals surface area contributed by atoms with Gasteiger partial charge >= 0.3 is 5.63 Å². The van der Waals surface area contributed by atoms with Crippen molar-refractivity contribution in [3.8, 4) is 5.75 Å². The number of ether oxygens (including phenoxy) is 1. The van der Waals surface area contributed by atoms with E-state index >= 15 is 0 Å². The molecule has 1 fully saturated rings. The Morgan fingerprint density at radius 2 is 1.80 bits per heavy atom. The van der Waals surface area contributed by atoms with Crippen molar-refractivity contribution in [2.24, 2.45) is 0 Å². The number of aryl methyl sites for hydroxylation is 1. The van der Waals surface area contributed by atoms with E-state index in [0.717, 1.165) is 29.7 Å². The second-order valence-corrected chi connectivity index (χ2v) is 7.75. The Kier molecular flexibility index (Phi) is 5.74. The van der Waals surface area contributed by atoms with E-state index in [2.05, 4.69) is 10.2 Å². The molecule has 1 amide bonds. The maximum atomic E-state index is 12.6. The highest BCUT2D eigenvalue weighted by atomic mass is 16.5. The Morgan fingerprint density at radius 3 is 2.53 bits per heavy atom. The normalized spacial score (nSPS) is 15.1. The number of carbonyl (C=O) groups is 1. The molecule has 1 atom stereocenters. The topological polar surface area (TPSA) is 71.8 Å². The highest BCUT2D eigenvalue weighted by molar-refractivity contribution is 5.94. The molecule has 0 radical (unpaired) electrons. The van der Waals surface area contributed by atoms with E-state index in [1.807, 2.05) is 37.3 Å². The van der Waals surface area contributed by atoms with E-state index in [1.165, 1.54) is 31.0 Å². The number of fused-ring (bicyclic) bond motifs is 1. The van der Waals surface area contributed by atoms with Crippen LogP contribution in [0, 0.1) is 6.92 Å². The van der Waals surface area contributed by atoms with Gasteiger partial charge in [-0.05, 0) is 75.1 Å². The van der Waals surface area contributed by atoms with Gasteiger partial charge in [0.1, 0.15) is 11.3 Å². The number of benzene rings is 2. The smallest absolute Gasteiger partial charge is 0.336 e. The third-order valence-electron chi connectivity index (χ3n) is 5.46. The molecular formula is C24H26N2O4. The monoisotopic (exact) mass is 406 g/mol. The summed E-state index contributed by atoms with van der Waals surface area (Å²) < 4.78 is 11.0. The predicted molar refractivity (Wildman–Crippen MR) is 118 cm³/mol. The molecule has 0 aliphatic carbocycles. The largest absolute Gasteiger partial charge is 0.481 e. The SMILES string of the molecule is Cc1cc(=O)oc2cc(O[C@@H](C)C(=O)Nc3ccc(N4CCCCC4)cc3)ccc12. The van der Waals surface area contributed by atoms with Crippen LogP contribution in [-0.4, -0.2) is 25.1 Å². The fourth-order valence-electron chi connectivity index (χ4n) is 3.79. The van der Waals surface area contributed by atoms with Crippen molar-refractivity contribution in [2.45, 2.75) is 39.2 Å². The molecule has 2 aromatic carbocycles. The molecule has 6 nitrogen and oxygen atoms in total. The van der Waals surface area contributed by atoms with Crippen molar-refractivity contribution in [2.75, 3.05) is 23.3 Å². The highest BCUT2D eigenvalue weighted by Gasteiger charge is 2.16. The standard InChI is InChI=1S/C24H26N2O4/c1-16-14-23(27)30-22-15-20(10-11-21(16)22)29-17(2)24(28)25-18-6-8-19(9-7-18)26-12-4-3-5-13-26/h6-11,14-15,17H,3-5,12-13H2,1-2H3,(H,25,28)/t17-/m0/s1. The third kappa shape index (κ3) is 4.48. The summed E-state index contributed by atoms with van der Waals surface area (Å²) in [6.45, 7) is 5.71. The predicted octanol–water partition coefficient (Wildman–Crippen LogP) is 4.50. The molecule has 1 N–H and O–H groups in total. The first-order valence-electron chi connectivity index (χ1n) is 10.4. The number of anilines is 2. The fraction of sp³-hybridized carbons (Fsp3) is 0.333. The summed E-state index contributed by atoms with van der Waals surface area (Å²) >= 11 is 0. The molecule has 156 valence electrons. The van der Waals surface area contributed by atoms with E-state index in [-0.39, 0.29) is 5.91 Å². The molecule has 1 aliphatic rings. The molecule has 3 aromatic rings. The van der Waals surface area contributed by atoms with Crippen LogP contribution in [0.5, 0.6) is 5.75 Å². The van der Waals surface area contributed by atoms with Gasteiger partial charge in [0.2, 0.25) is 0 Å². The lowest BCUT2D eigenvalue weighted by molar-refractivity contribution is -0.122. The molecule has 2 heterocycles. The Hall–Kier alpha value is -3.28. The maximum Gasteiger partial charge on any atom is 0.336 e. The van der Waals surface area contributed by atoms with Gasteiger partial charge in [0.25, 0.3) is 5.91 Å². The second-order valence-electron chi connectivity index (χ2n) is 7.75. The van der Waals surface area contributed by atoms with Crippen LogP contribution < -0.4 is 20.6 Å². The summed E-state index contributed by atoms with van der Waals surface area (Å²) in [5.74, 6) is 0.228. The summed E-state index contributed by atoms with van der Waals surface area (Å²) in [7, 11) is 0. The zero-order valence-electron chi connectivity index (χ0n) is 17.3. The molecule has 1 saturated heterocycles. The third-order valence-corrected chi connectivity index (χ3v) is 5.46. The van der Waals surface area contributed by atoms with Crippen LogP contribution in [0.25, 0.3) is 11.0 Å². The Balaban J connectivity index is 1.40. The number of rotatable bonds is 5. The lowest BCUT2D eigenvalue weighted by Gasteiger charge is -2.28. The van der Waals surface area contributed by atoms with Crippen LogP contribution >= 0.6 is 0 Å². The van der Waals surface area contributed by atoms with Crippen molar-refractivity contribution in [1.82, 2.24) is 0 Å². The van der Waals surface area contributed by atoms with Crippen molar-refractivity contribution >= 4 is 28.3 Å². The maximum absolute atomic E-state index is 12.6. The number of hydrogen-bond acceptors (Lipinski definition) is 5. The highest BCUT2D eigenvalue weighted by Crippen LogP contribution is 2.24. The van der Waals surface area contributed by atoms with E-state index < -0.39 is 11.7 Å². The van der Waals surface area contributed by atoms with Gasteiger partial charge in [-0.2, -0.15) is 0 Å². The van der Waals surface area contributed by atoms with Gasteiger partial charge < -0.3 is 19.4 Å². The summed E-state index contributed by atoms with van der Waals surface area (Å²) in [6.07, 6.45) is 3.04. The minimum absolute atomic E-state index is 0.244. The lowest BCUT2D eigenvalue weighted by atomic mass is 10.1. The van der Waals surface area contributed by atoms with Gasteiger partial charge in [-0.1, -0.05) is 0 Å². The molecule has 1 aliphatic heterocycles. The summed E-state index contributed by atoms with van der Waals surface area (Å²) in [5, 5.41) is 3.73. The molecule has 4 rings (SSSR count). The Labute approximate surface area is 175 Å². The Morgan fingerprint density at radius 1 is 1.07 bits per heavy atom. The van der Waals surface area contributed by atoms with Gasteiger partial charge in [-0.15, -0.1) is 0 Å². The zero-order valence-corrected chi connectivity index (χ0v) is 17.3. The van der Waals surface area contributed by atoms with Crippen molar-refractivity contribution in [3.63, 3.8) is 0 Å². The van der Waals surface area contributed by atoms with Gasteiger partial charge in [0.05, 0.1) is 0 Å². The molecular weight excluding hydrogens is 380 g/mol. The van der Waals surface area contributed by atoms with Crippen LogP contribution in [0.2, 0.25) is 0 Å². The molecule has 30 heavy (non-hydrogen) atoms. The number of nitrogens with one attached hydrogen (secondary N) is 1. The first-order chi connectivity index (χ1) is 14.5. The van der Waals surface area contributed by atoms with E-state index in [9.17, 15) is 9.59 Å². The first kappa shape index (κ1) is 20.0. The van der Waals surface area contributed by atoms with E-state index in [0.29, 0.717) is 11.3 Å². The second kappa shape index (κ2) is 8.61. The zero-order chi connectivity index (χ0) is 21.1. The van der Waals surface area contributed by atoms with Crippen molar-refractivity contribution in [1.29, 1.82) is 0 Å². The van der Waals surface area contributed by atoms with Crippen LogP contribution in [0.3, 0.4) is 0 Å². The minimum Gasteiger partial charge on any atom is -0.481 e. The molecule has 1 aromatic heterocycles. The molecule has 6 heteroatoms. The van der Waals surface area contributed by atoms with Gasteiger partial charge in [-0.25, -0.2) is 4.79 Å². The van der Waals surface area contributed by atoms with Gasteiger partial charge in [0, 0.05) is 42.0 Å². The lowest BCUT2D eigenvalue weighted by Crippen LogP contribution is -2.30. The van der Waals surface area contributed by atoms with E-state index in [1.54, 1.807) is 19.1 Å². The quantitative estimate of drug-likeness (QED) is 0.632. The molecule has 0 spiro atoms. The van der Waals surface area contributed by atoms with Crippen LogP contribution in [0.15, 0.2) is 57.7 Å². The molecule has 0 unspecified atom stereocenters. The first-order valence-corrected chi connectivity index (χ1v) is 10.4. The molecule has 0 saturated carbocycles. The van der Waals surface area contributed by atoms with Crippen molar-refractivity contribution in [3.05, 3.63) is 64.5 Å². The van der Waals surface area contributed by atoms with Crippen LogP contribution in [0.4, 0.5) is 11.4 Å². The summed E-state index contributed by atoms with van der Waals surface area (Å²) in [6, 6.07) is 14.6.